The Bertz CT molecular complexity index is 760. The van der Waals surface area contributed by atoms with E-state index < -0.39 is 46.1 Å². The van der Waals surface area contributed by atoms with Gasteiger partial charge >= 0.3 is 0 Å². The molecule has 0 aliphatic heterocycles. The van der Waals surface area contributed by atoms with E-state index in [-0.39, 0.29) is 11.3 Å². The normalized spacial score (nSPS) is 22.6. The second kappa shape index (κ2) is 7.20. The summed E-state index contributed by atoms with van der Waals surface area (Å²) in [7, 11) is 0. The van der Waals surface area contributed by atoms with Gasteiger partial charge in [0.15, 0.2) is 6.10 Å². The zero-order chi connectivity index (χ0) is 18.6. The molecule has 2 rings (SSSR count). The Balaban J connectivity index is 2.42. The topological polar surface area (TPSA) is 156 Å². The number of aliphatic hydroxyl groups is 2. The summed E-state index contributed by atoms with van der Waals surface area (Å²) in [4.78, 5) is 33.0. The first kappa shape index (κ1) is 18.2. The summed E-state index contributed by atoms with van der Waals surface area (Å²) in [5.41, 5.74) is -3.14. The van der Waals surface area contributed by atoms with Crippen LogP contribution in [0.3, 0.4) is 0 Å². The van der Waals surface area contributed by atoms with Crippen LogP contribution < -0.4 is 5.32 Å². The first-order valence-electron chi connectivity index (χ1n) is 7.20. The van der Waals surface area contributed by atoms with Crippen molar-refractivity contribution in [1.29, 1.82) is 0 Å². The van der Waals surface area contributed by atoms with E-state index in [9.17, 15) is 30.1 Å². The van der Waals surface area contributed by atoms with Crippen LogP contribution in [0.5, 0.6) is 0 Å². The summed E-state index contributed by atoms with van der Waals surface area (Å²) in [6, 6.07) is 7.82. The van der Waals surface area contributed by atoms with E-state index in [0.717, 1.165) is 6.08 Å². The van der Waals surface area contributed by atoms with Gasteiger partial charge in [0, 0.05) is 23.0 Å². The lowest BCUT2D eigenvalue weighted by Gasteiger charge is -2.30. The molecule has 132 valence electrons. The van der Waals surface area contributed by atoms with Crippen LogP contribution in [0.25, 0.3) is 0 Å². The summed E-state index contributed by atoms with van der Waals surface area (Å²) < 4.78 is 0. The molecule has 0 radical (unpaired) electrons. The summed E-state index contributed by atoms with van der Waals surface area (Å²) in [6.07, 6.45) is -0.876. The van der Waals surface area contributed by atoms with Crippen molar-refractivity contribution in [3.63, 3.8) is 0 Å². The smallest absolute Gasteiger partial charge is 0.280 e. The van der Waals surface area contributed by atoms with Crippen molar-refractivity contribution in [2.24, 2.45) is 0 Å². The molecule has 1 aromatic carbocycles. The number of nitrogens with one attached hydrogen (secondary N) is 1. The number of carbonyl (C=O) groups excluding carboxylic acids is 1. The van der Waals surface area contributed by atoms with Crippen LogP contribution in [0.15, 0.2) is 53.9 Å². The molecule has 1 aromatic rings. The third-order valence-electron chi connectivity index (χ3n) is 3.83. The first-order chi connectivity index (χ1) is 11.8. The highest BCUT2D eigenvalue weighted by atomic mass is 16.6. The van der Waals surface area contributed by atoms with Gasteiger partial charge in [-0.15, -0.1) is 0 Å². The second-order valence-corrected chi connectivity index (χ2v) is 5.37. The van der Waals surface area contributed by atoms with Crippen LogP contribution in [0.4, 0.5) is 0 Å². The van der Waals surface area contributed by atoms with Gasteiger partial charge in [-0.2, -0.15) is 0 Å². The number of benzene rings is 1. The molecule has 10 nitrogen and oxygen atoms in total. The Morgan fingerprint density at radius 3 is 2.40 bits per heavy atom. The van der Waals surface area contributed by atoms with Gasteiger partial charge < -0.3 is 15.5 Å². The molecule has 0 bridgehead atoms. The average Bonchev–Trinajstić information content (AvgIpc) is 2.58. The van der Waals surface area contributed by atoms with Crippen LogP contribution in [0.1, 0.15) is 16.8 Å². The van der Waals surface area contributed by atoms with Gasteiger partial charge in [0.05, 0.1) is 23.3 Å². The molecule has 0 heterocycles. The number of aliphatic hydroxyl groups excluding tert-OH is 2. The molecule has 0 aromatic heterocycles. The van der Waals surface area contributed by atoms with E-state index in [2.05, 4.69) is 5.32 Å². The predicted octanol–water partition coefficient (Wildman–Crippen LogP) is 0.233. The minimum atomic E-state index is -2.31. The number of nitrogens with zero attached hydrogens (tertiary/aromatic N) is 2. The van der Waals surface area contributed by atoms with Crippen LogP contribution >= 0.6 is 0 Å². The SMILES string of the molecule is O=C(NC1=CC([N+](=O)[O-])=CC(CCO)([N+](=O)[O-])C1O)c1ccccc1. The molecule has 1 aliphatic rings. The molecule has 1 aliphatic carbocycles. The summed E-state index contributed by atoms with van der Waals surface area (Å²) in [5.74, 6) is -0.684. The standard InChI is InChI=1S/C15H15N3O7/c19-7-6-15(18(24)25)9-11(17(22)23)8-12(13(15)20)16-14(21)10-4-2-1-3-5-10/h1-5,8-9,13,19-20H,6-7H2,(H,16,21). The molecular weight excluding hydrogens is 334 g/mol. The van der Waals surface area contributed by atoms with E-state index in [1.54, 1.807) is 18.2 Å². The lowest BCUT2D eigenvalue weighted by atomic mass is 9.83. The number of rotatable bonds is 6. The third kappa shape index (κ3) is 3.54. The van der Waals surface area contributed by atoms with E-state index >= 15 is 0 Å². The summed E-state index contributed by atoms with van der Waals surface area (Å²) in [6.45, 7) is -0.681. The van der Waals surface area contributed by atoms with E-state index in [1.807, 2.05) is 0 Å². The number of allylic oxidation sites excluding steroid dienone is 1. The van der Waals surface area contributed by atoms with Crippen molar-refractivity contribution >= 4 is 5.91 Å². The Hall–Kier alpha value is -3.11. The monoisotopic (exact) mass is 349 g/mol. The highest BCUT2D eigenvalue weighted by molar-refractivity contribution is 5.95. The Labute approximate surface area is 141 Å². The van der Waals surface area contributed by atoms with Gasteiger partial charge in [0.25, 0.3) is 17.1 Å². The van der Waals surface area contributed by atoms with E-state index in [4.69, 9.17) is 5.11 Å². The van der Waals surface area contributed by atoms with Gasteiger partial charge in [-0.3, -0.25) is 25.0 Å². The number of nitro groups is 2. The fourth-order valence-electron chi connectivity index (χ4n) is 2.52. The molecular formula is C15H15N3O7. The third-order valence-corrected chi connectivity index (χ3v) is 3.83. The Morgan fingerprint density at radius 1 is 1.24 bits per heavy atom. The van der Waals surface area contributed by atoms with Gasteiger partial charge in [-0.25, -0.2) is 0 Å². The largest absolute Gasteiger partial charge is 0.396 e. The minimum Gasteiger partial charge on any atom is -0.396 e. The van der Waals surface area contributed by atoms with Crippen molar-refractivity contribution in [3.8, 4) is 0 Å². The van der Waals surface area contributed by atoms with Crippen LogP contribution in [0, 0.1) is 20.2 Å². The molecule has 1 amide bonds. The molecule has 2 atom stereocenters. The zero-order valence-corrected chi connectivity index (χ0v) is 12.9. The van der Waals surface area contributed by atoms with E-state index in [0.29, 0.717) is 6.08 Å². The number of hydrogen-bond acceptors (Lipinski definition) is 7. The summed E-state index contributed by atoms with van der Waals surface area (Å²) in [5, 5.41) is 44.3. The fourth-order valence-corrected chi connectivity index (χ4v) is 2.52. The Kier molecular flexibility index (Phi) is 5.25. The minimum absolute atomic E-state index is 0.210. The molecule has 0 spiro atoms. The second-order valence-electron chi connectivity index (χ2n) is 5.37. The quantitative estimate of drug-likeness (QED) is 0.490. The van der Waals surface area contributed by atoms with Crippen LogP contribution in [0.2, 0.25) is 0 Å². The maximum atomic E-state index is 12.2. The molecule has 0 saturated heterocycles. The van der Waals surface area contributed by atoms with Crippen LogP contribution in [-0.2, 0) is 0 Å². The molecule has 25 heavy (non-hydrogen) atoms. The maximum Gasteiger partial charge on any atom is 0.280 e. The van der Waals surface area contributed by atoms with Crippen LogP contribution in [-0.4, -0.2) is 44.2 Å². The fraction of sp³-hybridized carbons (Fsp3) is 0.267. The first-order valence-corrected chi connectivity index (χ1v) is 7.20. The van der Waals surface area contributed by atoms with E-state index in [1.165, 1.54) is 12.1 Å². The molecule has 0 saturated carbocycles. The zero-order valence-electron chi connectivity index (χ0n) is 12.9. The average molecular weight is 349 g/mol. The highest BCUT2D eigenvalue weighted by Gasteiger charge is 2.54. The van der Waals surface area contributed by atoms with Crippen molar-refractivity contribution in [2.75, 3.05) is 6.61 Å². The molecule has 0 fully saturated rings. The lowest BCUT2D eigenvalue weighted by Crippen LogP contribution is -2.54. The highest BCUT2D eigenvalue weighted by Crippen LogP contribution is 2.32. The lowest BCUT2D eigenvalue weighted by molar-refractivity contribution is -0.569. The summed E-state index contributed by atoms with van der Waals surface area (Å²) >= 11 is 0. The number of carbonyl (C=O) groups is 1. The van der Waals surface area contributed by atoms with Gasteiger partial charge in [0.1, 0.15) is 0 Å². The van der Waals surface area contributed by atoms with Crippen molar-refractivity contribution < 1.29 is 24.9 Å². The van der Waals surface area contributed by atoms with Crippen molar-refractivity contribution in [1.82, 2.24) is 5.32 Å². The molecule has 10 heteroatoms. The maximum absolute atomic E-state index is 12.2. The van der Waals surface area contributed by atoms with Crippen molar-refractivity contribution in [3.05, 3.63) is 79.7 Å². The van der Waals surface area contributed by atoms with Crippen molar-refractivity contribution in [2.45, 2.75) is 18.1 Å². The molecule has 3 N–H and O–H groups in total. The Morgan fingerprint density at radius 2 is 1.88 bits per heavy atom. The predicted molar refractivity (Wildman–Crippen MR) is 84.5 cm³/mol. The van der Waals surface area contributed by atoms with Gasteiger partial charge in [0.2, 0.25) is 0 Å². The number of hydrogen-bond donors (Lipinski definition) is 3. The van der Waals surface area contributed by atoms with Gasteiger partial charge in [-0.1, -0.05) is 18.2 Å². The van der Waals surface area contributed by atoms with Gasteiger partial charge in [-0.05, 0) is 12.1 Å². The number of amides is 1. The molecule has 2 unspecified atom stereocenters.